The Kier molecular flexibility index (Phi) is 3.57. The van der Waals surface area contributed by atoms with E-state index in [9.17, 15) is 4.79 Å². The lowest BCUT2D eigenvalue weighted by Crippen LogP contribution is -2.16. The lowest BCUT2D eigenvalue weighted by atomic mass is 10.1. The van der Waals surface area contributed by atoms with E-state index in [1.54, 1.807) is 6.92 Å². The van der Waals surface area contributed by atoms with Crippen LogP contribution in [0.3, 0.4) is 0 Å². The molecule has 0 spiro atoms. The van der Waals surface area contributed by atoms with Crippen molar-refractivity contribution in [1.29, 1.82) is 5.26 Å². The lowest BCUT2D eigenvalue weighted by molar-refractivity contribution is -0.134. The zero-order valence-corrected chi connectivity index (χ0v) is 5.98. The van der Waals surface area contributed by atoms with Crippen LogP contribution in [0.2, 0.25) is 0 Å². The van der Waals surface area contributed by atoms with Gasteiger partial charge < -0.3 is 10.6 Å². The number of hydrogen-bond acceptors (Lipinski definition) is 2. The average Bonchev–Trinajstić information content (AvgIpc) is 1.99. The van der Waals surface area contributed by atoms with Gasteiger partial charge in [-0.2, -0.15) is 10.1 Å². The van der Waals surface area contributed by atoms with Gasteiger partial charge in [0.2, 0.25) is 0 Å². The molecule has 0 aromatic carbocycles. The van der Waals surface area contributed by atoms with Crippen molar-refractivity contribution in [1.82, 2.24) is 0 Å². The van der Waals surface area contributed by atoms with E-state index >= 15 is 0 Å². The number of rotatable bonds is 3. The number of nitrogens with zero attached hydrogens (tertiary/aromatic N) is 3. The summed E-state index contributed by atoms with van der Waals surface area (Å²) < 4.78 is 0. The van der Waals surface area contributed by atoms with Gasteiger partial charge in [-0.3, -0.25) is 0 Å². The largest absolute Gasteiger partial charge is 0.473 e. The normalized spacial score (nSPS) is 10.9. The zero-order chi connectivity index (χ0) is 8.85. The molecule has 0 aromatic heterocycles. The minimum Gasteiger partial charge on any atom is -0.473 e. The molecule has 5 nitrogen and oxygen atoms in total. The summed E-state index contributed by atoms with van der Waals surface area (Å²) in [5.41, 5.74) is 7.75. The van der Waals surface area contributed by atoms with Crippen molar-refractivity contribution in [2.45, 2.75) is 13.3 Å². The van der Waals surface area contributed by atoms with E-state index in [1.165, 1.54) is 0 Å². The second-order valence-electron chi connectivity index (χ2n) is 2.09. The van der Waals surface area contributed by atoms with Crippen LogP contribution in [-0.2, 0) is 4.79 Å². The molecule has 5 heteroatoms. The fraction of sp³-hybridized carbons (Fsp3) is 0.500. The van der Waals surface area contributed by atoms with Gasteiger partial charge in [0.05, 0.1) is 18.4 Å². The van der Waals surface area contributed by atoms with Crippen LogP contribution in [0.5, 0.6) is 0 Å². The Morgan fingerprint density at radius 2 is 2.45 bits per heavy atom. The Hall–Kier alpha value is -1.66. The van der Waals surface area contributed by atoms with Crippen LogP contribution >= 0.6 is 0 Å². The maximum Gasteiger partial charge on any atom is 0.414 e. The lowest BCUT2D eigenvalue weighted by Gasteiger charge is -1.91. The molecule has 11 heavy (non-hydrogen) atoms. The first-order valence-electron chi connectivity index (χ1n) is 2.95. The third-order valence-corrected chi connectivity index (χ3v) is 1.09. The smallest absolute Gasteiger partial charge is 0.414 e. The Morgan fingerprint density at radius 1 is 1.91 bits per heavy atom. The fourth-order valence-corrected chi connectivity index (χ4v) is 0.507. The summed E-state index contributed by atoms with van der Waals surface area (Å²) in [5.74, 6) is -1.74. The van der Waals surface area contributed by atoms with E-state index in [0.717, 1.165) is 0 Å². The third-order valence-electron chi connectivity index (χ3n) is 1.09. The maximum atomic E-state index is 10.2. The van der Waals surface area contributed by atoms with Gasteiger partial charge in [-0.05, 0) is 6.92 Å². The highest BCUT2D eigenvalue weighted by Crippen LogP contribution is 1.99. The molecular formula is C6H7N3O2. The number of carboxylic acid groups (broad SMARTS) is 1. The van der Waals surface area contributed by atoms with Crippen LogP contribution in [0, 0.1) is 17.2 Å². The summed E-state index contributed by atoms with van der Waals surface area (Å²) in [6.45, 7) is 1.55. The first-order chi connectivity index (χ1) is 5.11. The Labute approximate surface area is 63.5 Å². The minimum atomic E-state index is -1.30. The highest BCUT2D eigenvalue weighted by atomic mass is 16.4. The summed E-state index contributed by atoms with van der Waals surface area (Å²) in [5, 5.41) is 16.6. The molecule has 58 valence electrons. The highest BCUT2D eigenvalue weighted by Gasteiger charge is 2.21. The number of carbonyl (C=O) groups is 1. The van der Waals surface area contributed by atoms with Gasteiger partial charge in [-0.15, -0.1) is 0 Å². The van der Waals surface area contributed by atoms with E-state index in [-0.39, 0.29) is 12.1 Å². The maximum absolute atomic E-state index is 10.2. The molecule has 0 rings (SSSR count). The Morgan fingerprint density at radius 3 is 2.73 bits per heavy atom. The summed E-state index contributed by atoms with van der Waals surface area (Å²) >= 11 is 0. The number of nitriles is 1. The molecule has 0 saturated heterocycles. The van der Waals surface area contributed by atoms with E-state index in [2.05, 4.69) is 4.79 Å². The highest BCUT2D eigenvalue weighted by molar-refractivity contribution is 6.33. The van der Waals surface area contributed by atoms with Crippen molar-refractivity contribution in [3.63, 3.8) is 0 Å². The van der Waals surface area contributed by atoms with Crippen LogP contribution in [0.15, 0.2) is 0 Å². The van der Waals surface area contributed by atoms with Gasteiger partial charge >= 0.3 is 11.7 Å². The Bertz CT molecular complexity index is 247. The van der Waals surface area contributed by atoms with Crippen LogP contribution in [-0.4, -0.2) is 21.6 Å². The van der Waals surface area contributed by atoms with Crippen molar-refractivity contribution in [2.75, 3.05) is 0 Å². The second kappa shape index (κ2) is 4.20. The SMILES string of the molecule is CC(C#N)CC(=[N+]=[N-])C(=O)O. The molecule has 0 aliphatic heterocycles. The molecule has 1 N–H and O–H groups in total. The van der Waals surface area contributed by atoms with E-state index in [0.29, 0.717) is 0 Å². The predicted octanol–water partition coefficient (Wildman–Crippen LogP) is 0.292. The quantitative estimate of drug-likeness (QED) is 0.358. The summed E-state index contributed by atoms with van der Waals surface area (Å²) in [4.78, 5) is 12.7. The van der Waals surface area contributed by atoms with Crippen molar-refractivity contribution in [2.24, 2.45) is 5.92 Å². The van der Waals surface area contributed by atoms with Gasteiger partial charge in [-0.25, -0.2) is 4.79 Å². The molecule has 1 unspecified atom stereocenters. The Balaban J connectivity index is 4.26. The monoisotopic (exact) mass is 153 g/mol. The molecule has 0 bridgehead atoms. The van der Waals surface area contributed by atoms with Crippen LogP contribution in [0.4, 0.5) is 0 Å². The first kappa shape index (κ1) is 9.34. The van der Waals surface area contributed by atoms with Crippen LogP contribution in [0.25, 0.3) is 5.53 Å². The van der Waals surface area contributed by atoms with Gasteiger partial charge in [-0.1, -0.05) is 0 Å². The van der Waals surface area contributed by atoms with Crippen molar-refractivity contribution < 1.29 is 14.7 Å². The predicted molar refractivity (Wildman–Crippen MR) is 35.7 cm³/mol. The molecular weight excluding hydrogens is 146 g/mol. The van der Waals surface area contributed by atoms with E-state index in [1.807, 2.05) is 6.07 Å². The van der Waals surface area contributed by atoms with Crippen molar-refractivity contribution in [3.8, 4) is 6.07 Å². The van der Waals surface area contributed by atoms with E-state index < -0.39 is 11.9 Å². The molecule has 0 amide bonds. The van der Waals surface area contributed by atoms with Crippen molar-refractivity contribution >= 4 is 11.7 Å². The fourth-order valence-electron chi connectivity index (χ4n) is 0.507. The number of hydrogen-bond donors (Lipinski definition) is 1. The first-order valence-corrected chi connectivity index (χ1v) is 2.95. The minimum absolute atomic E-state index is 0.0394. The molecule has 0 aliphatic rings. The third kappa shape index (κ3) is 3.14. The van der Waals surface area contributed by atoms with Gasteiger partial charge in [0.1, 0.15) is 0 Å². The molecule has 0 fully saturated rings. The van der Waals surface area contributed by atoms with Crippen molar-refractivity contribution in [3.05, 3.63) is 5.53 Å². The topological polar surface area (TPSA) is 97.5 Å². The van der Waals surface area contributed by atoms with Gasteiger partial charge in [0, 0.05) is 0 Å². The number of carboxylic acids is 1. The summed E-state index contributed by atoms with van der Waals surface area (Å²) in [6, 6.07) is 1.83. The average molecular weight is 153 g/mol. The molecule has 0 heterocycles. The molecule has 0 saturated carbocycles. The van der Waals surface area contributed by atoms with Gasteiger partial charge in [0.15, 0.2) is 0 Å². The van der Waals surface area contributed by atoms with Gasteiger partial charge in [0.25, 0.3) is 0 Å². The van der Waals surface area contributed by atoms with E-state index in [4.69, 9.17) is 15.9 Å². The standard InChI is InChI=1S/C6H7N3O2/c1-4(3-7)2-5(9-8)6(10)11/h4H,2H2,1H3,(H,10,11). The molecule has 1 atom stereocenters. The number of aliphatic carboxylic acids is 1. The van der Waals surface area contributed by atoms with Crippen LogP contribution in [0.1, 0.15) is 13.3 Å². The molecule has 0 radical (unpaired) electrons. The summed E-state index contributed by atoms with van der Waals surface area (Å²) in [7, 11) is 0. The molecule has 0 aromatic rings. The molecule has 0 aliphatic carbocycles. The summed E-state index contributed by atoms with van der Waals surface area (Å²) in [6.07, 6.45) is -0.0394. The zero-order valence-electron chi connectivity index (χ0n) is 5.98. The second-order valence-corrected chi connectivity index (χ2v) is 2.09. The van der Waals surface area contributed by atoms with Crippen LogP contribution < -0.4 is 0 Å².